The molecule has 1 aliphatic heterocycles. The first-order valence-corrected chi connectivity index (χ1v) is 9.84. The van der Waals surface area contributed by atoms with Crippen molar-refractivity contribution in [3.05, 3.63) is 82.7 Å². The molecule has 0 radical (unpaired) electrons. The molecule has 1 fully saturated rings. The van der Waals surface area contributed by atoms with Gasteiger partial charge in [-0.3, -0.25) is 9.59 Å². The summed E-state index contributed by atoms with van der Waals surface area (Å²) in [5.41, 5.74) is 2.50. The first-order valence-electron chi connectivity index (χ1n) is 9.46. The summed E-state index contributed by atoms with van der Waals surface area (Å²) in [4.78, 5) is 37.9. The lowest BCUT2D eigenvalue weighted by molar-refractivity contribution is -0.127. The molecule has 2 N–H and O–H groups in total. The number of hydrogen-bond acceptors (Lipinski definition) is 4. The summed E-state index contributed by atoms with van der Waals surface area (Å²) in [5, 5.41) is 5.76. The highest BCUT2D eigenvalue weighted by Crippen LogP contribution is 2.25. The van der Waals surface area contributed by atoms with Crippen LogP contribution in [0.15, 0.2) is 70.8 Å². The van der Waals surface area contributed by atoms with E-state index in [9.17, 15) is 14.4 Å². The Morgan fingerprint density at radius 3 is 2.48 bits per heavy atom. The van der Waals surface area contributed by atoms with Crippen LogP contribution in [0, 0.1) is 6.92 Å². The zero-order valence-corrected chi connectivity index (χ0v) is 17.3. The van der Waals surface area contributed by atoms with E-state index in [1.807, 2.05) is 31.2 Å². The maximum Gasteiger partial charge on any atom is 0.329 e. The Hall–Kier alpha value is -3.84. The Balaban J connectivity index is 1.44. The van der Waals surface area contributed by atoms with Crippen LogP contribution in [0.4, 0.5) is 10.5 Å². The number of anilines is 1. The number of hydrogen-bond donors (Lipinski definition) is 2. The van der Waals surface area contributed by atoms with Gasteiger partial charge in [-0.05, 0) is 55.5 Å². The van der Waals surface area contributed by atoms with Crippen molar-refractivity contribution in [3.63, 3.8) is 0 Å². The van der Waals surface area contributed by atoms with Crippen molar-refractivity contribution >= 4 is 41.2 Å². The molecule has 0 saturated carbocycles. The Morgan fingerprint density at radius 2 is 1.77 bits per heavy atom. The number of nitrogens with one attached hydrogen (secondary N) is 2. The fourth-order valence-corrected chi connectivity index (χ4v) is 3.16. The van der Waals surface area contributed by atoms with Crippen LogP contribution in [0.1, 0.15) is 11.3 Å². The lowest BCUT2D eigenvalue weighted by Gasteiger charge is -2.12. The third-order valence-corrected chi connectivity index (χ3v) is 4.89. The molecule has 156 valence electrons. The van der Waals surface area contributed by atoms with E-state index < -0.39 is 24.4 Å². The molecule has 1 aliphatic rings. The van der Waals surface area contributed by atoms with Gasteiger partial charge in [0, 0.05) is 22.3 Å². The van der Waals surface area contributed by atoms with Crippen molar-refractivity contribution in [1.82, 2.24) is 10.2 Å². The number of benzene rings is 2. The van der Waals surface area contributed by atoms with Crippen LogP contribution in [-0.4, -0.2) is 29.3 Å². The molecule has 8 heteroatoms. The molecule has 0 bridgehead atoms. The van der Waals surface area contributed by atoms with Gasteiger partial charge in [0.25, 0.3) is 5.91 Å². The van der Waals surface area contributed by atoms with Gasteiger partial charge in [0.15, 0.2) is 0 Å². The average molecular weight is 436 g/mol. The Morgan fingerprint density at radius 1 is 1.06 bits per heavy atom. The Labute approximate surface area is 183 Å². The highest BCUT2D eigenvalue weighted by molar-refractivity contribution is 6.30. The number of halogens is 1. The smallest absolute Gasteiger partial charge is 0.329 e. The average Bonchev–Trinajstić information content (AvgIpc) is 3.31. The van der Waals surface area contributed by atoms with Crippen molar-refractivity contribution < 1.29 is 18.8 Å². The standard InChI is InChI=1S/C23H18ClN3O4/c1-14-2-8-17(9-3-14)25-21(28)13-27-22(29)19(26-23(27)30)12-18-10-11-20(31-18)15-4-6-16(24)7-5-15/h2-12H,13H2,1H3,(H,25,28)(H,26,30)/b19-12+. The van der Waals surface area contributed by atoms with Crippen molar-refractivity contribution in [1.29, 1.82) is 0 Å². The maximum atomic E-state index is 12.6. The van der Waals surface area contributed by atoms with Gasteiger partial charge in [0.1, 0.15) is 23.8 Å². The summed E-state index contributed by atoms with van der Waals surface area (Å²) in [7, 11) is 0. The van der Waals surface area contributed by atoms with E-state index >= 15 is 0 Å². The highest BCUT2D eigenvalue weighted by atomic mass is 35.5. The van der Waals surface area contributed by atoms with E-state index in [4.69, 9.17) is 16.0 Å². The molecule has 2 aromatic carbocycles. The zero-order chi connectivity index (χ0) is 22.0. The van der Waals surface area contributed by atoms with Gasteiger partial charge in [-0.15, -0.1) is 0 Å². The molecule has 1 aromatic heterocycles. The van der Waals surface area contributed by atoms with Crippen LogP contribution in [0.2, 0.25) is 5.02 Å². The van der Waals surface area contributed by atoms with Crippen LogP contribution >= 0.6 is 11.6 Å². The number of carbonyl (C=O) groups excluding carboxylic acids is 3. The van der Waals surface area contributed by atoms with E-state index in [0.717, 1.165) is 16.0 Å². The lowest BCUT2D eigenvalue weighted by atomic mass is 10.2. The number of nitrogens with zero attached hydrogens (tertiary/aromatic N) is 1. The van der Waals surface area contributed by atoms with Crippen molar-refractivity contribution in [2.75, 3.05) is 11.9 Å². The topological polar surface area (TPSA) is 91.7 Å². The van der Waals surface area contributed by atoms with Gasteiger partial charge in [0.05, 0.1) is 0 Å². The minimum absolute atomic E-state index is 0.0325. The van der Waals surface area contributed by atoms with E-state index in [0.29, 0.717) is 22.2 Å². The van der Waals surface area contributed by atoms with E-state index in [1.54, 1.807) is 36.4 Å². The summed E-state index contributed by atoms with van der Waals surface area (Å²) in [5.74, 6) is -0.0979. The second kappa shape index (κ2) is 8.49. The molecular weight excluding hydrogens is 418 g/mol. The molecule has 3 aromatic rings. The largest absolute Gasteiger partial charge is 0.457 e. The highest BCUT2D eigenvalue weighted by Gasteiger charge is 2.35. The van der Waals surface area contributed by atoms with Gasteiger partial charge in [-0.2, -0.15) is 0 Å². The van der Waals surface area contributed by atoms with Crippen molar-refractivity contribution in [2.24, 2.45) is 0 Å². The first kappa shape index (κ1) is 20.4. The molecule has 0 aliphatic carbocycles. The second-order valence-corrected chi connectivity index (χ2v) is 7.44. The molecule has 31 heavy (non-hydrogen) atoms. The van der Waals surface area contributed by atoms with Crippen LogP contribution in [0.3, 0.4) is 0 Å². The minimum atomic E-state index is -0.667. The zero-order valence-electron chi connectivity index (χ0n) is 16.5. The van der Waals surface area contributed by atoms with Crippen LogP contribution in [0.25, 0.3) is 17.4 Å². The van der Waals surface area contributed by atoms with Crippen LogP contribution in [0.5, 0.6) is 0 Å². The van der Waals surface area contributed by atoms with E-state index in [1.165, 1.54) is 6.08 Å². The number of furan rings is 1. The van der Waals surface area contributed by atoms with E-state index in [-0.39, 0.29) is 5.70 Å². The molecule has 7 nitrogen and oxygen atoms in total. The van der Waals surface area contributed by atoms with Crippen LogP contribution in [-0.2, 0) is 9.59 Å². The molecular formula is C23H18ClN3O4. The molecule has 0 atom stereocenters. The normalized spacial score (nSPS) is 14.8. The fraction of sp³-hybridized carbons (Fsp3) is 0.0870. The van der Waals surface area contributed by atoms with Crippen molar-refractivity contribution in [3.8, 4) is 11.3 Å². The van der Waals surface area contributed by atoms with Crippen molar-refractivity contribution in [2.45, 2.75) is 6.92 Å². The number of imide groups is 1. The molecule has 0 unspecified atom stereocenters. The fourth-order valence-electron chi connectivity index (χ4n) is 3.04. The Kier molecular flexibility index (Phi) is 5.60. The Bertz CT molecular complexity index is 1180. The predicted octanol–water partition coefficient (Wildman–Crippen LogP) is 4.44. The number of rotatable bonds is 5. The van der Waals surface area contributed by atoms with Gasteiger partial charge >= 0.3 is 6.03 Å². The molecule has 2 heterocycles. The first-order chi connectivity index (χ1) is 14.9. The number of urea groups is 1. The summed E-state index contributed by atoms with van der Waals surface area (Å²) in [6, 6.07) is 17.1. The molecule has 0 spiro atoms. The summed E-state index contributed by atoms with van der Waals surface area (Å²) in [6.45, 7) is 1.54. The number of aryl methyl sites for hydroxylation is 1. The number of carbonyl (C=O) groups is 3. The molecule has 4 amide bonds. The number of amides is 4. The van der Waals surface area contributed by atoms with Gasteiger partial charge in [-0.1, -0.05) is 29.3 Å². The third-order valence-electron chi connectivity index (χ3n) is 4.64. The van der Waals surface area contributed by atoms with E-state index in [2.05, 4.69) is 10.6 Å². The SMILES string of the molecule is Cc1ccc(NC(=O)CN2C(=O)N/C(=C/c3ccc(-c4ccc(Cl)cc4)o3)C2=O)cc1. The molecule has 1 saturated heterocycles. The minimum Gasteiger partial charge on any atom is -0.457 e. The molecule has 4 rings (SSSR count). The third kappa shape index (κ3) is 4.67. The monoisotopic (exact) mass is 435 g/mol. The maximum absolute atomic E-state index is 12.6. The lowest BCUT2D eigenvalue weighted by Crippen LogP contribution is -2.38. The summed E-state index contributed by atoms with van der Waals surface area (Å²) < 4.78 is 5.74. The summed E-state index contributed by atoms with van der Waals surface area (Å²) in [6.07, 6.45) is 1.43. The quantitative estimate of drug-likeness (QED) is 0.457. The van der Waals surface area contributed by atoms with Crippen LogP contribution < -0.4 is 10.6 Å². The predicted molar refractivity (Wildman–Crippen MR) is 117 cm³/mol. The second-order valence-electron chi connectivity index (χ2n) is 7.00. The summed E-state index contributed by atoms with van der Waals surface area (Å²) >= 11 is 5.90. The van der Waals surface area contributed by atoms with Gasteiger partial charge in [-0.25, -0.2) is 9.69 Å². The van der Waals surface area contributed by atoms with Gasteiger partial charge < -0.3 is 15.1 Å². The van der Waals surface area contributed by atoms with Gasteiger partial charge in [0.2, 0.25) is 5.91 Å².